The first-order valence-corrected chi connectivity index (χ1v) is 10.8. The second-order valence-corrected chi connectivity index (χ2v) is 8.71. The molecule has 0 bridgehead atoms. The fraction of sp³-hybridized carbons (Fsp3) is 0.250. The molecule has 0 aliphatic rings. The number of hydrogen-bond acceptors (Lipinski definition) is 8. The second kappa shape index (κ2) is 8.00. The Morgan fingerprint density at radius 1 is 1.19 bits per heavy atom. The summed E-state index contributed by atoms with van der Waals surface area (Å²) < 4.78 is 34.9. The summed E-state index contributed by atoms with van der Waals surface area (Å²) in [7, 11) is -0.457. The van der Waals surface area contributed by atoms with E-state index < -0.39 is 15.9 Å². The van der Waals surface area contributed by atoms with Gasteiger partial charge in [-0.1, -0.05) is 6.92 Å². The van der Waals surface area contributed by atoms with Crippen LogP contribution in [0.15, 0.2) is 45.8 Å². The molecule has 0 saturated carbocycles. The molecule has 164 valence electrons. The van der Waals surface area contributed by atoms with Crippen LogP contribution < -0.4 is 15.8 Å². The van der Waals surface area contributed by atoms with Gasteiger partial charge in [-0.15, -0.1) is 0 Å². The zero-order valence-electron chi connectivity index (χ0n) is 17.7. The molecule has 3 aromatic heterocycles. The molecule has 0 aliphatic carbocycles. The van der Waals surface area contributed by atoms with E-state index in [1.54, 1.807) is 25.1 Å². The quantitative estimate of drug-likeness (QED) is 0.478. The number of carbonyl (C=O) groups is 1. The van der Waals surface area contributed by atoms with Gasteiger partial charge in [0.1, 0.15) is 5.58 Å². The van der Waals surface area contributed by atoms with Crippen molar-refractivity contribution in [2.75, 3.05) is 19.0 Å². The number of amides is 1. The van der Waals surface area contributed by atoms with Crippen LogP contribution in [0.5, 0.6) is 0 Å². The van der Waals surface area contributed by atoms with Crippen LogP contribution in [0.2, 0.25) is 0 Å². The van der Waals surface area contributed by atoms with Crippen molar-refractivity contribution in [1.29, 1.82) is 0 Å². The molecule has 3 heterocycles. The number of carbonyl (C=O) groups excluding carboxylic acids is 1. The van der Waals surface area contributed by atoms with Gasteiger partial charge in [0, 0.05) is 31.2 Å². The van der Waals surface area contributed by atoms with Gasteiger partial charge < -0.3 is 15.5 Å². The maximum absolute atomic E-state index is 13.0. The number of hydrogen-bond donors (Lipinski definition) is 2. The Morgan fingerprint density at radius 3 is 2.61 bits per heavy atom. The summed E-state index contributed by atoms with van der Waals surface area (Å²) in [5.41, 5.74) is 2.73. The van der Waals surface area contributed by atoms with E-state index in [1.807, 2.05) is 38.1 Å². The monoisotopic (exact) mass is 444 g/mol. The summed E-state index contributed by atoms with van der Waals surface area (Å²) in [6, 6.07) is 10.5. The van der Waals surface area contributed by atoms with Crippen molar-refractivity contribution in [1.82, 2.24) is 25.5 Å². The minimum Gasteiger partial charge on any atom is -0.451 e. The van der Waals surface area contributed by atoms with E-state index in [0.717, 1.165) is 5.69 Å². The number of rotatable bonds is 5. The molecule has 0 spiro atoms. The van der Waals surface area contributed by atoms with Gasteiger partial charge in [0.15, 0.2) is 11.4 Å². The maximum atomic E-state index is 13.0. The number of furan rings is 1. The number of anilines is 1. The lowest BCUT2D eigenvalue weighted by Crippen LogP contribution is -2.31. The van der Waals surface area contributed by atoms with E-state index in [2.05, 4.69) is 14.8 Å². The Morgan fingerprint density at radius 2 is 1.94 bits per heavy atom. The Balaban J connectivity index is 0.00000272. The summed E-state index contributed by atoms with van der Waals surface area (Å²) in [6.07, 6.45) is 0.632. The zero-order chi connectivity index (χ0) is 21.6. The fourth-order valence-electron chi connectivity index (χ4n) is 3.19. The Bertz CT molecular complexity index is 1390. The van der Waals surface area contributed by atoms with Crippen LogP contribution in [0, 0.1) is 6.92 Å². The first kappa shape index (κ1) is 22.2. The summed E-state index contributed by atoms with van der Waals surface area (Å²) in [5, 5.41) is 4.84. The number of fused-ring (bicyclic) bond motifs is 2. The van der Waals surface area contributed by atoms with Gasteiger partial charge in [-0.05, 0) is 43.7 Å². The SMILES string of the molecule is CCc1ccc2nc(C)c(S(=O)(=O)NC(=O)c3cc4ccc(N(C)C)cc4o3)n2n1.N. The molecule has 10 nitrogen and oxygen atoms in total. The average molecular weight is 445 g/mol. The molecular formula is C20H24N6O4S. The van der Waals surface area contributed by atoms with Crippen LogP contribution in [0.25, 0.3) is 16.6 Å². The lowest BCUT2D eigenvalue weighted by Gasteiger charge is -2.11. The smallest absolute Gasteiger partial charge is 0.300 e. The van der Waals surface area contributed by atoms with Crippen LogP contribution in [0.4, 0.5) is 5.69 Å². The second-order valence-electron chi connectivity index (χ2n) is 7.11. The van der Waals surface area contributed by atoms with Crippen LogP contribution in [0.1, 0.15) is 28.9 Å². The standard InChI is InChI=1S/C20H21N5O4S.H3N/c1-5-14-7-9-18-21-12(2)20(25(18)22-14)30(27,28)23-19(26)17-10-13-6-8-15(24(3)4)11-16(13)29-17;/h6-11H,5H2,1-4H3,(H,23,26);1H3. The zero-order valence-corrected chi connectivity index (χ0v) is 18.5. The number of sulfonamides is 1. The number of benzene rings is 1. The highest BCUT2D eigenvalue weighted by atomic mass is 32.2. The highest BCUT2D eigenvalue weighted by Gasteiger charge is 2.28. The van der Waals surface area contributed by atoms with E-state index in [0.29, 0.717) is 28.7 Å². The molecular weight excluding hydrogens is 420 g/mol. The lowest BCUT2D eigenvalue weighted by molar-refractivity contribution is 0.0956. The van der Waals surface area contributed by atoms with Crippen molar-refractivity contribution in [3.63, 3.8) is 0 Å². The summed E-state index contributed by atoms with van der Waals surface area (Å²) in [6.45, 7) is 3.47. The van der Waals surface area contributed by atoms with Gasteiger partial charge in [0.2, 0.25) is 5.03 Å². The third-order valence-electron chi connectivity index (χ3n) is 4.74. The number of nitrogens with one attached hydrogen (secondary N) is 1. The van der Waals surface area contributed by atoms with Crippen LogP contribution >= 0.6 is 0 Å². The molecule has 0 atom stereocenters. The van der Waals surface area contributed by atoms with Crippen molar-refractivity contribution < 1.29 is 17.6 Å². The van der Waals surface area contributed by atoms with Crippen molar-refractivity contribution in [3.05, 3.63) is 53.5 Å². The minimum atomic E-state index is -4.24. The van der Waals surface area contributed by atoms with Crippen LogP contribution in [-0.2, 0) is 16.4 Å². The molecule has 31 heavy (non-hydrogen) atoms. The minimum absolute atomic E-state index is 0. The normalized spacial score (nSPS) is 11.5. The third-order valence-corrected chi connectivity index (χ3v) is 6.17. The predicted molar refractivity (Wildman–Crippen MR) is 117 cm³/mol. The molecule has 1 aromatic carbocycles. The lowest BCUT2D eigenvalue weighted by atomic mass is 10.2. The van der Waals surface area contributed by atoms with E-state index in [9.17, 15) is 13.2 Å². The Hall–Kier alpha value is -3.44. The van der Waals surface area contributed by atoms with Gasteiger partial charge >= 0.3 is 5.91 Å². The number of imidazole rings is 1. The van der Waals surface area contributed by atoms with E-state index >= 15 is 0 Å². The van der Waals surface area contributed by atoms with Gasteiger partial charge in [-0.3, -0.25) is 4.79 Å². The topological polar surface area (TPSA) is 145 Å². The first-order valence-electron chi connectivity index (χ1n) is 9.33. The number of aryl methyl sites for hydroxylation is 2. The Kier molecular flexibility index (Phi) is 5.74. The molecule has 0 aliphatic heterocycles. The molecule has 11 heteroatoms. The highest BCUT2D eigenvalue weighted by Crippen LogP contribution is 2.25. The number of aromatic nitrogens is 3. The van der Waals surface area contributed by atoms with Gasteiger partial charge in [-0.2, -0.15) is 18.0 Å². The van der Waals surface area contributed by atoms with Crippen molar-refractivity contribution in [2.24, 2.45) is 0 Å². The van der Waals surface area contributed by atoms with Crippen molar-refractivity contribution in [3.8, 4) is 0 Å². The summed E-state index contributed by atoms with van der Waals surface area (Å²) in [5.74, 6) is -0.961. The third kappa shape index (κ3) is 3.97. The van der Waals surface area contributed by atoms with Gasteiger partial charge in [-0.25, -0.2) is 9.71 Å². The molecule has 0 saturated heterocycles. The van der Waals surface area contributed by atoms with E-state index in [4.69, 9.17) is 4.42 Å². The van der Waals surface area contributed by atoms with E-state index in [-0.39, 0.29) is 22.6 Å². The molecule has 0 fully saturated rings. The molecule has 4 aromatic rings. The maximum Gasteiger partial charge on any atom is 0.300 e. The summed E-state index contributed by atoms with van der Waals surface area (Å²) >= 11 is 0. The Labute approximate surface area is 179 Å². The van der Waals surface area contributed by atoms with Crippen LogP contribution in [0.3, 0.4) is 0 Å². The van der Waals surface area contributed by atoms with E-state index in [1.165, 1.54) is 10.6 Å². The molecule has 4 rings (SSSR count). The molecule has 4 N–H and O–H groups in total. The largest absolute Gasteiger partial charge is 0.451 e. The fourth-order valence-corrected chi connectivity index (χ4v) is 4.43. The van der Waals surface area contributed by atoms with Gasteiger partial charge in [0.05, 0.1) is 11.4 Å². The average Bonchev–Trinajstić information content (AvgIpc) is 3.26. The van der Waals surface area contributed by atoms with Crippen molar-refractivity contribution >= 4 is 38.2 Å². The predicted octanol–water partition coefficient (Wildman–Crippen LogP) is 2.69. The molecule has 1 amide bonds. The number of nitrogens with zero attached hydrogens (tertiary/aromatic N) is 4. The molecule has 0 unspecified atom stereocenters. The highest BCUT2D eigenvalue weighted by molar-refractivity contribution is 7.90. The van der Waals surface area contributed by atoms with Crippen molar-refractivity contribution in [2.45, 2.75) is 25.3 Å². The first-order chi connectivity index (χ1) is 14.2. The van der Waals surface area contributed by atoms with Crippen LogP contribution in [-0.4, -0.2) is 43.0 Å². The summed E-state index contributed by atoms with van der Waals surface area (Å²) in [4.78, 5) is 18.8. The molecule has 0 radical (unpaired) electrons. The van der Waals surface area contributed by atoms with Gasteiger partial charge in [0.25, 0.3) is 10.0 Å².